The second-order valence-electron chi connectivity index (χ2n) is 7.39. The third kappa shape index (κ3) is 5.63. The van der Waals surface area contributed by atoms with E-state index in [4.69, 9.17) is 19.2 Å². The van der Waals surface area contributed by atoms with Gasteiger partial charge in [0, 0.05) is 38.5 Å². The van der Waals surface area contributed by atoms with Crippen molar-refractivity contribution >= 4 is 22.9 Å². The summed E-state index contributed by atoms with van der Waals surface area (Å²) in [5, 5.41) is 0. The number of allylic oxidation sites excluding steroid dienone is 3. The van der Waals surface area contributed by atoms with Crippen LogP contribution in [0.3, 0.4) is 0 Å². The zero-order valence-electron chi connectivity index (χ0n) is 18.9. The number of rotatable bonds is 11. The minimum absolute atomic E-state index is 0.362. The van der Waals surface area contributed by atoms with Gasteiger partial charge in [-0.15, -0.1) is 0 Å². The Morgan fingerprint density at radius 2 is 1.91 bits per heavy atom. The molecule has 0 aliphatic carbocycles. The fourth-order valence-electron chi connectivity index (χ4n) is 3.30. The largest absolute Gasteiger partial charge is 0.454 e. The van der Waals surface area contributed by atoms with Crippen molar-refractivity contribution in [3.63, 3.8) is 0 Å². The first-order valence-electron chi connectivity index (χ1n) is 10.3. The summed E-state index contributed by atoms with van der Waals surface area (Å²) in [6, 6.07) is 13.6. The minimum Gasteiger partial charge on any atom is -0.454 e. The van der Waals surface area contributed by atoms with E-state index >= 15 is 0 Å². The maximum Gasteiger partial charge on any atom is 0.163 e. The fourth-order valence-corrected chi connectivity index (χ4v) is 3.30. The van der Waals surface area contributed by atoms with Crippen molar-refractivity contribution in [3.05, 3.63) is 72.2 Å². The van der Waals surface area contributed by atoms with Crippen LogP contribution in [0.5, 0.6) is 11.5 Å². The molecule has 1 aromatic heterocycles. The molecule has 0 N–H and O–H groups in total. The van der Waals surface area contributed by atoms with Gasteiger partial charge in [0.1, 0.15) is 30.1 Å². The molecule has 0 unspecified atom stereocenters. The van der Waals surface area contributed by atoms with Gasteiger partial charge in [0.2, 0.25) is 0 Å². The highest BCUT2D eigenvalue weighted by Crippen LogP contribution is 2.38. The first-order chi connectivity index (χ1) is 15.5. The van der Waals surface area contributed by atoms with Gasteiger partial charge in [-0.3, -0.25) is 4.79 Å². The third-order valence-corrected chi connectivity index (χ3v) is 4.74. The number of hydrogen-bond donors (Lipinski definition) is 0. The summed E-state index contributed by atoms with van der Waals surface area (Å²) in [7, 11) is 5.51. The highest BCUT2D eigenvalue weighted by atomic mass is 16.5. The Morgan fingerprint density at radius 1 is 1.12 bits per heavy atom. The van der Waals surface area contributed by atoms with Gasteiger partial charge in [0.25, 0.3) is 0 Å². The number of ether oxygens (including phenoxy) is 3. The summed E-state index contributed by atoms with van der Waals surface area (Å²) < 4.78 is 19.2. The van der Waals surface area contributed by atoms with Gasteiger partial charge in [0.05, 0.1) is 18.7 Å². The Bertz CT molecular complexity index is 1100. The van der Waals surface area contributed by atoms with Gasteiger partial charge < -0.3 is 23.7 Å². The predicted molar refractivity (Wildman–Crippen MR) is 126 cm³/mol. The molecule has 0 saturated heterocycles. The number of methoxy groups -OCH3 is 1. The Morgan fingerprint density at radius 3 is 2.59 bits per heavy atom. The van der Waals surface area contributed by atoms with Gasteiger partial charge in [0.15, 0.2) is 5.75 Å². The molecule has 0 atom stereocenters. The van der Waals surface area contributed by atoms with Crippen LogP contribution in [-0.4, -0.2) is 55.2 Å². The quantitative estimate of drug-likeness (QED) is 0.192. The van der Waals surface area contributed by atoms with Crippen LogP contribution in [0.1, 0.15) is 11.4 Å². The number of benzene rings is 2. The molecule has 168 valence electrons. The molecule has 0 fully saturated rings. The molecule has 0 spiro atoms. The maximum absolute atomic E-state index is 11.0. The lowest BCUT2D eigenvalue weighted by Gasteiger charge is -2.15. The zero-order valence-corrected chi connectivity index (χ0v) is 18.9. The normalized spacial score (nSPS) is 11.9. The van der Waals surface area contributed by atoms with E-state index in [0.717, 1.165) is 34.3 Å². The molecule has 32 heavy (non-hydrogen) atoms. The lowest BCUT2D eigenvalue weighted by molar-refractivity contribution is -0.104. The first kappa shape index (κ1) is 23.2. The van der Waals surface area contributed by atoms with Crippen molar-refractivity contribution in [2.24, 2.45) is 0 Å². The lowest BCUT2D eigenvalue weighted by Crippen LogP contribution is -2.08. The first-order valence-corrected chi connectivity index (χ1v) is 10.3. The van der Waals surface area contributed by atoms with Gasteiger partial charge in [-0.05, 0) is 43.3 Å². The summed E-state index contributed by atoms with van der Waals surface area (Å²) in [4.78, 5) is 17.7. The molecule has 2 aromatic carbocycles. The Kier molecular flexibility index (Phi) is 8.19. The summed E-state index contributed by atoms with van der Waals surface area (Å²) in [5.41, 5.74) is 3.29. The second-order valence-corrected chi connectivity index (χ2v) is 7.39. The van der Waals surface area contributed by atoms with Crippen molar-refractivity contribution in [2.45, 2.75) is 13.7 Å². The van der Waals surface area contributed by atoms with Crippen LogP contribution >= 0.6 is 0 Å². The van der Waals surface area contributed by atoms with Gasteiger partial charge >= 0.3 is 0 Å². The highest BCUT2D eigenvalue weighted by Gasteiger charge is 2.19. The Labute approximate surface area is 188 Å². The fraction of sp³-hybridized carbons (Fsp3) is 0.280. The van der Waals surface area contributed by atoms with E-state index in [9.17, 15) is 4.79 Å². The van der Waals surface area contributed by atoms with E-state index in [1.165, 1.54) is 6.08 Å². The topological polar surface area (TPSA) is 65.8 Å². The van der Waals surface area contributed by atoms with Crippen LogP contribution in [0.2, 0.25) is 0 Å². The molecule has 7 nitrogen and oxygen atoms in total. The number of carbonyl (C=O) groups is 1. The number of imidazole rings is 1. The van der Waals surface area contributed by atoms with E-state index in [-0.39, 0.29) is 0 Å². The molecular formula is C25H29N3O4. The minimum atomic E-state index is 0.362. The van der Waals surface area contributed by atoms with Crippen molar-refractivity contribution in [2.75, 3.05) is 34.4 Å². The van der Waals surface area contributed by atoms with Crippen molar-refractivity contribution in [3.8, 4) is 11.5 Å². The number of aryl methyl sites for hydroxylation is 1. The summed E-state index contributed by atoms with van der Waals surface area (Å²) in [6.45, 7) is 3.32. The Hall–Kier alpha value is -3.42. The van der Waals surface area contributed by atoms with E-state index in [0.29, 0.717) is 31.4 Å². The highest BCUT2D eigenvalue weighted by molar-refractivity contribution is 5.92. The van der Waals surface area contributed by atoms with Crippen molar-refractivity contribution in [1.29, 1.82) is 0 Å². The number of hydrogen-bond acceptors (Lipinski definition) is 6. The van der Waals surface area contributed by atoms with Crippen LogP contribution < -0.4 is 4.74 Å². The van der Waals surface area contributed by atoms with Crippen LogP contribution in [0, 0.1) is 6.92 Å². The summed E-state index contributed by atoms with van der Waals surface area (Å²) in [6.07, 6.45) is 5.94. The molecule has 7 heteroatoms. The number of aromatic nitrogens is 2. The van der Waals surface area contributed by atoms with Crippen molar-refractivity contribution in [1.82, 2.24) is 14.5 Å². The molecule has 0 amide bonds. The van der Waals surface area contributed by atoms with E-state index in [2.05, 4.69) is 0 Å². The van der Waals surface area contributed by atoms with Gasteiger partial charge in [-0.1, -0.05) is 18.2 Å². The van der Waals surface area contributed by atoms with E-state index < -0.39 is 0 Å². The molecule has 1 heterocycles. The smallest absolute Gasteiger partial charge is 0.163 e. The van der Waals surface area contributed by atoms with Crippen LogP contribution in [-0.2, 0) is 21.0 Å². The third-order valence-electron chi connectivity index (χ3n) is 4.74. The van der Waals surface area contributed by atoms with Crippen molar-refractivity contribution < 1.29 is 19.0 Å². The number of fused-ring (bicyclic) bond motifs is 1. The SMILES string of the molecule is COCCOCn1c(C)nc2c(Oc3ccccc3)c(C(/C=C\C=O)=C/N(C)C)ccc21. The summed E-state index contributed by atoms with van der Waals surface area (Å²) >= 11 is 0. The average molecular weight is 436 g/mol. The molecule has 0 bridgehead atoms. The number of nitrogens with zero attached hydrogens (tertiary/aromatic N) is 3. The molecule has 0 radical (unpaired) electrons. The zero-order chi connectivity index (χ0) is 22.9. The molecule has 0 aliphatic heterocycles. The average Bonchev–Trinajstić information content (AvgIpc) is 3.10. The van der Waals surface area contributed by atoms with Crippen LogP contribution in [0.15, 0.2) is 60.8 Å². The molecule has 3 rings (SSSR count). The molecule has 3 aromatic rings. The van der Waals surface area contributed by atoms with E-state index in [1.54, 1.807) is 13.2 Å². The standard InChI is InChI=1S/C25H29N3O4/c1-19-26-24-23(28(19)18-31-16-15-30-4)13-12-22(20(9-8-14-29)17-27(2)3)25(24)32-21-10-6-5-7-11-21/h5-14,17H,15-16,18H2,1-4H3/b9-8-,20-17+. The molecule has 0 aliphatic rings. The molecule has 0 saturated carbocycles. The number of carbonyl (C=O) groups excluding carboxylic acids is 1. The number of aldehydes is 1. The second kappa shape index (κ2) is 11.3. The Balaban J connectivity index is 2.15. The predicted octanol–water partition coefficient (Wildman–Crippen LogP) is 4.42. The van der Waals surface area contributed by atoms with Gasteiger partial charge in [-0.25, -0.2) is 4.98 Å². The summed E-state index contributed by atoms with van der Waals surface area (Å²) in [5.74, 6) is 2.14. The monoisotopic (exact) mass is 435 g/mol. The van der Waals surface area contributed by atoms with Gasteiger partial charge in [-0.2, -0.15) is 0 Å². The molecular weight excluding hydrogens is 406 g/mol. The lowest BCUT2D eigenvalue weighted by atomic mass is 10.0. The maximum atomic E-state index is 11.0. The van der Waals surface area contributed by atoms with Crippen LogP contribution in [0.25, 0.3) is 16.6 Å². The number of para-hydroxylation sites is 1. The van der Waals surface area contributed by atoms with E-state index in [1.807, 2.05) is 79.2 Å². The van der Waals surface area contributed by atoms with Crippen LogP contribution in [0.4, 0.5) is 0 Å².